The normalized spacial score (nSPS) is 23.4. The Morgan fingerprint density at radius 1 is 1.67 bits per heavy atom. The van der Waals surface area contributed by atoms with Gasteiger partial charge in [-0.05, 0) is 37.8 Å². The van der Waals surface area contributed by atoms with Gasteiger partial charge in [-0.25, -0.2) is 4.79 Å². The molecule has 1 aromatic heterocycles. The third-order valence-electron chi connectivity index (χ3n) is 3.49. The number of nitrogens with one attached hydrogen (secondary N) is 1. The molecule has 18 heavy (non-hydrogen) atoms. The van der Waals surface area contributed by atoms with Crippen molar-refractivity contribution in [2.24, 2.45) is 5.92 Å². The van der Waals surface area contributed by atoms with Crippen LogP contribution in [0, 0.1) is 12.8 Å². The summed E-state index contributed by atoms with van der Waals surface area (Å²) < 4.78 is 5.51. The fraction of sp³-hybridized carbons (Fsp3) is 0.615. The zero-order valence-electron chi connectivity index (χ0n) is 10.7. The SMILES string of the molecule is Cc1sc(C(=O)O)cc1CNCC1CCOC1C. The first-order chi connectivity index (χ1) is 8.58. The average Bonchev–Trinajstić information content (AvgIpc) is 2.87. The van der Waals surface area contributed by atoms with Gasteiger partial charge in [0, 0.05) is 24.6 Å². The number of carbonyl (C=O) groups is 1. The molecule has 100 valence electrons. The van der Waals surface area contributed by atoms with E-state index in [1.807, 2.05) is 6.92 Å². The summed E-state index contributed by atoms with van der Waals surface area (Å²) in [5, 5.41) is 12.3. The van der Waals surface area contributed by atoms with Gasteiger partial charge in [-0.1, -0.05) is 0 Å². The molecule has 1 saturated heterocycles. The van der Waals surface area contributed by atoms with Crippen LogP contribution >= 0.6 is 11.3 Å². The van der Waals surface area contributed by atoms with Crippen molar-refractivity contribution < 1.29 is 14.6 Å². The molecule has 0 spiro atoms. The minimum atomic E-state index is -0.841. The summed E-state index contributed by atoms with van der Waals surface area (Å²) in [4.78, 5) is 12.4. The van der Waals surface area contributed by atoms with Crippen molar-refractivity contribution in [3.05, 3.63) is 21.4 Å². The number of ether oxygens (including phenoxy) is 1. The highest BCUT2D eigenvalue weighted by atomic mass is 32.1. The Balaban J connectivity index is 1.84. The number of carboxylic acid groups (broad SMARTS) is 1. The Labute approximate surface area is 111 Å². The van der Waals surface area contributed by atoms with Gasteiger partial charge in [0.25, 0.3) is 0 Å². The first-order valence-electron chi connectivity index (χ1n) is 6.23. The lowest BCUT2D eigenvalue weighted by Gasteiger charge is -2.14. The highest BCUT2D eigenvalue weighted by Crippen LogP contribution is 2.22. The largest absolute Gasteiger partial charge is 0.477 e. The third-order valence-corrected chi connectivity index (χ3v) is 4.57. The summed E-state index contributed by atoms with van der Waals surface area (Å²) in [5.41, 5.74) is 1.09. The zero-order chi connectivity index (χ0) is 13.1. The van der Waals surface area contributed by atoms with Gasteiger partial charge in [-0.3, -0.25) is 0 Å². The Morgan fingerprint density at radius 3 is 3.00 bits per heavy atom. The lowest BCUT2D eigenvalue weighted by atomic mass is 10.0. The summed E-state index contributed by atoms with van der Waals surface area (Å²) in [6, 6.07) is 1.77. The predicted molar refractivity (Wildman–Crippen MR) is 71.2 cm³/mol. The molecule has 2 atom stereocenters. The van der Waals surface area contributed by atoms with Crippen LogP contribution in [-0.4, -0.2) is 30.3 Å². The molecule has 0 amide bonds. The van der Waals surface area contributed by atoms with Crippen molar-refractivity contribution in [3.8, 4) is 0 Å². The second kappa shape index (κ2) is 5.82. The van der Waals surface area contributed by atoms with Gasteiger partial charge in [0.05, 0.1) is 6.10 Å². The van der Waals surface area contributed by atoms with Crippen LogP contribution in [0.15, 0.2) is 6.07 Å². The standard InChI is InChI=1S/C13H19NO3S/c1-8-10(3-4-17-8)6-14-7-11-5-12(13(15)16)18-9(11)2/h5,8,10,14H,3-4,6-7H2,1-2H3,(H,15,16). The molecule has 0 radical (unpaired) electrons. The van der Waals surface area contributed by atoms with Crippen molar-refractivity contribution in [2.45, 2.75) is 32.9 Å². The van der Waals surface area contributed by atoms with E-state index in [4.69, 9.17) is 9.84 Å². The lowest BCUT2D eigenvalue weighted by molar-refractivity contribution is 0.0702. The van der Waals surface area contributed by atoms with Gasteiger partial charge in [0.1, 0.15) is 4.88 Å². The molecular formula is C13H19NO3S. The number of hydrogen-bond donors (Lipinski definition) is 2. The summed E-state index contributed by atoms with van der Waals surface area (Å²) in [7, 11) is 0. The van der Waals surface area contributed by atoms with E-state index >= 15 is 0 Å². The third kappa shape index (κ3) is 3.10. The molecule has 2 rings (SSSR count). The Kier molecular flexibility index (Phi) is 4.37. The van der Waals surface area contributed by atoms with E-state index in [9.17, 15) is 4.79 Å². The van der Waals surface area contributed by atoms with Gasteiger partial charge >= 0.3 is 5.97 Å². The van der Waals surface area contributed by atoms with Crippen molar-refractivity contribution in [1.82, 2.24) is 5.32 Å². The summed E-state index contributed by atoms with van der Waals surface area (Å²) in [6.07, 6.45) is 1.44. The molecule has 2 N–H and O–H groups in total. The molecular weight excluding hydrogens is 250 g/mol. The Bertz CT molecular complexity index is 430. The second-order valence-corrected chi connectivity index (χ2v) is 6.01. The molecule has 0 bridgehead atoms. The minimum Gasteiger partial charge on any atom is -0.477 e. The zero-order valence-corrected chi connectivity index (χ0v) is 11.5. The lowest BCUT2D eigenvalue weighted by Crippen LogP contribution is -2.26. The fourth-order valence-electron chi connectivity index (χ4n) is 2.24. The number of aromatic carboxylic acids is 1. The van der Waals surface area contributed by atoms with Crippen molar-refractivity contribution >= 4 is 17.3 Å². The second-order valence-electron chi connectivity index (χ2n) is 4.75. The first kappa shape index (κ1) is 13.5. The van der Waals surface area contributed by atoms with E-state index in [1.165, 1.54) is 11.3 Å². The maximum absolute atomic E-state index is 10.9. The monoisotopic (exact) mass is 269 g/mol. The summed E-state index contributed by atoms with van der Waals surface area (Å²) in [5.74, 6) is -0.268. The highest BCUT2D eigenvalue weighted by molar-refractivity contribution is 7.14. The van der Waals surface area contributed by atoms with Crippen LogP contribution < -0.4 is 5.32 Å². The van der Waals surface area contributed by atoms with Crippen molar-refractivity contribution in [1.29, 1.82) is 0 Å². The van der Waals surface area contributed by atoms with Crippen LogP contribution in [0.1, 0.15) is 33.5 Å². The van der Waals surface area contributed by atoms with Gasteiger partial charge in [-0.2, -0.15) is 0 Å². The first-order valence-corrected chi connectivity index (χ1v) is 7.04. The Hall–Kier alpha value is -0.910. The molecule has 4 nitrogen and oxygen atoms in total. The molecule has 1 aromatic rings. The number of carboxylic acids is 1. The molecule has 5 heteroatoms. The van der Waals surface area contributed by atoms with E-state index in [-0.39, 0.29) is 0 Å². The van der Waals surface area contributed by atoms with Gasteiger partial charge in [0.2, 0.25) is 0 Å². The van der Waals surface area contributed by atoms with Gasteiger partial charge in [-0.15, -0.1) is 11.3 Å². The van der Waals surface area contributed by atoms with Crippen molar-refractivity contribution in [2.75, 3.05) is 13.2 Å². The summed E-state index contributed by atoms with van der Waals surface area (Å²) in [6.45, 7) is 6.60. The number of thiophene rings is 1. The molecule has 0 aliphatic carbocycles. The van der Waals surface area contributed by atoms with E-state index < -0.39 is 5.97 Å². The highest BCUT2D eigenvalue weighted by Gasteiger charge is 2.23. The van der Waals surface area contributed by atoms with Crippen LogP contribution in [0.25, 0.3) is 0 Å². The smallest absolute Gasteiger partial charge is 0.345 e. The summed E-state index contributed by atoms with van der Waals surface area (Å²) >= 11 is 1.34. The van der Waals surface area contributed by atoms with E-state index in [1.54, 1.807) is 6.07 Å². The van der Waals surface area contributed by atoms with Gasteiger partial charge < -0.3 is 15.2 Å². The molecule has 0 saturated carbocycles. The average molecular weight is 269 g/mol. The number of rotatable bonds is 5. The number of aryl methyl sites for hydroxylation is 1. The van der Waals surface area contributed by atoms with Gasteiger partial charge in [0.15, 0.2) is 0 Å². The molecule has 2 heterocycles. The molecule has 1 fully saturated rings. The van der Waals surface area contributed by atoms with E-state index in [0.717, 1.165) is 36.6 Å². The maximum atomic E-state index is 10.9. The fourth-order valence-corrected chi connectivity index (χ4v) is 3.12. The Morgan fingerprint density at radius 2 is 2.44 bits per heavy atom. The van der Waals surface area contributed by atoms with Crippen LogP contribution in [-0.2, 0) is 11.3 Å². The predicted octanol–water partition coefficient (Wildman–Crippen LogP) is 2.27. The quantitative estimate of drug-likeness (QED) is 0.861. The molecule has 2 unspecified atom stereocenters. The molecule has 1 aliphatic rings. The topological polar surface area (TPSA) is 58.6 Å². The van der Waals surface area contributed by atoms with Crippen LogP contribution in [0.3, 0.4) is 0 Å². The number of hydrogen-bond acceptors (Lipinski definition) is 4. The minimum absolute atomic E-state index is 0.329. The molecule has 1 aliphatic heterocycles. The maximum Gasteiger partial charge on any atom is 0.345 e. The van der Waals surface area contributed by atoms with E-state index in [0.29, 0.717) is 16.9 Å². The van der Waals surface area contributed by atoms with Crippen LogP contribution in [0.5, 0.6) is 0 Å². The van der Waals surface area contributed by atoms with Crippen LogP contribution in [0.2, 0.25) is 0 Å². The molecule has 0 aromatic carbocycles. The van der Waals surface area contributed by atoms with E-state index in [2.05, 4.69) is 12.2 Å². The van der Waals surface area contributed by atoms with Crippen LogP contribution in [0.4, 0.5) is 0 Å². The van der Waals surface area contributed by atoms with Crippen molar-refractivity contribution in [3.63, 3.8) is 0 Å².